The van der Waals surface area contributed by atoms with E-state index in [2.05, 4.69) is 13.8 Å². The summed E-state index contributed by atoms with van der Waals surface area (Å²) in [5.74, 6) is 4.13. The van der Waals surface area contributed by atoms with Crippen molar-refractivity contribution in [3.63, 3.8) is 0 Å². The summed E-state index contributed by atoms with van der Waals surface area (Å²) in [6.07, 6.45) is 13.4. The summed E-state index contributed by atoms with van der Waals surface area (Å²) in [6.45, 7) is 4.92. The molecule has 21 heavy (non-hydrogen) atoms. The zero-order valence-corrected chi connectivity index (χ0v) is 19.5. The van der Waals surface area contributed by atoms with Crippen LogP contribution < -0.4 is 0 Å². The molecule has 0 spiro atoms. The van der Waals surface area contributed by atoms with Crippen LogP contribution in [0.25, 0.3) is 0 Å². The molecule has 4 rings (SSSR count). The molecule has 4 fully saturated rings. The molecule has 0 aromatic heterocycles. The fourth-order valence-corrected chi connectivity index (χ4v) is 7.07. The Balaban J connectivity index is 0.00000132. The van der Waals surface area contributed by atoms with Gasteiger partial charge < -0.3 is 0 Å². The number of ketones is 1. The summed E-state index contributed by atoms with van der Waals surface area (Å²) in [4.78, 5) is 12.4. The molecule has 6 atom stereocenters. The molecule has 0 bridgehead atoms. The van der Waals surface area contributed by atoms with Crippen LogP contribution >= 0.6 is 0 Å². The van der Waals surface area contributed by atoms with Gasteiger partial charge in [-0.1, -0.05) is 26.7 Å². The minimum atomic E-state index is 0. The SMILES string of the molecule is C[C@]12CCCC[C@@H]1CC[C@@H]1C3CCC(=O)[C@@]3(C)CC[C@H]12.[PbH2]. The van der Waals surface area contributed by atoms with E-state index in [1.807, 2.05) is 0 Å². The van der Waals surface area contributed by atoms with Crippen molar-refractivity contribution in [2.24, 2.45) is 34.5 Å². The Kier molecular flexibility index (Phi) is 4.38. The third-order valence-electron chi connectivity index (χ3n) is 8.29. The molecule has 1 unspecified atom stereocenters. The van der Waals surface area contributed by atoms with E-state index in [9.17, 15) is 4.79 Å². The summed E-state index contributed by atoms with van der Waals surface area (Å²) in [6, 6.07) is 0. The predicted molar refractivity (Wildman–Crippen MR) is 89.9 cm³/mol. The van der Waals surface area contributed by atoms with Crippen LogP contribution in [0.1, 0.15) is 78.1 Å². The first-order valence-electron chi connectivity index (χ1n) is 9.09. The standard InChI is InChI=1S/C19H30O.Pb.2H/c1-18-11-4-3-5-13(18)6-7-14-15-8-9-17(20)19(15,2)12-10-16(14)18;;;/h13-16H,3-12H2,1-2H3;;;/t13-,14-,15?,16-,18+,19+;;;/m1.../s1. The third kappa shape index (κ3) is 2.22. The van der Waals surface area contributed by atoms with E-state index in [1.54, 1.807) is 0 Å². The number of carbonyl (C=O) groups excluding carboxylic acids is 1. The summed E-state index contributed by atoms with van der Waals surface area (Å²) in [5, 5.41) is 0. The van der Waals surface area contributed by atoms with E-state index >= 15 is 0 Å². The fraction of sp³-hybridized carbons (Fsp3) is 0.947. The van der Waals surface area contributed by atoms with Gasteiger partial charge >= 0.3 is 27.3 Å². The van der Waals surface area contributed by atoms with E-state index in [0.29, 0.717) is 11.2 Å². The molecule has 0 amide bonds. The van der Waals surface area contributed by atoms with Crippen molar-refractivity contribution in [1.82, 2.24) is 0 Å². The monoisotopic (exact) mass is 484 g/mol. The summed E-state index contributed by atoms with van der Waals surface area (Å²) in [5.41, 5.74) is 0.688. The number of hydrogen-bond acceptors (Lipinski definition) is 1. The second-order valence-corrected chi connectivity index (χ2v) is 8.82. The van der Waals surface area contributed by atoms with Gasteiger partial charge in [0, 0.05) is 11.8 Å². The molecule has 0 aromatic carbocycles. The second-order valence-electron chi connectivity index (χ2n) is 8.82. The molecule has 4 aliphatic rings. The Labute approximate surface area is 150 Å². The van der Waals surface area contributed by atoms with Gasteiger partial charge in [0.2, 0.25) is 0 Å². The Morgan fingerprint density at radius 1 is 0.905 bits per heavy atom. The molecule has 2 heteroatoms. The quantitative estimate of drug-likeness (QED) is 0.475. The number of fused-ring (bicyclic) bond motifs is 5. The topological polar surface area (TPSA) is 17.1 Å². The average Bonchev–Trinajstić information content (AvgIpc) is 2.74. The Bertz CT molecular complexity index is 433. The van der Waals surface area contributed by atoms with E-state index < -0.39 is 0 Å². The zero-order chi connectivity index (χ0) is 14.0. The fourth-order valence-electron chi connectivity index (χ4n) is 7.07. The normalized spacial score (nSPS) is 52.4. The molecule has 0 aliphatic heterocycles. The zero-order valence-electron chi connectivity index (χ0n) is 14.0. The number of carbonyl (C=O) groups is 1. The Morgan fingerprint density at radius 3 is 2.52 bits per heavy atom. The van der Waals surface area contributed by atoms with Crippen LogP contribution in [0.5, 0.6) is 0 Å². The van der Waals surface area contributed by atoms with Crippen LogP contribution in [0, 0.1) is 34.5 Å². The molecule has 118 valence electrons. The third-order valence-corrected chi connectivity index (χ3v) is 8.29. The molecule has 0 heterocycles. The molecule has 4 aliphatic carbocycles. The van der Waals surface area contributed by atoms with Gasteiger partial charge in [0.25, 0.3) is 0 Å². The van der Waals surface area contributed by atoms with Gasteiger partial charge in [-0.2, -0.15) is 0 Å². The number of rotatable bonds is 0. The molecule has 0 aromatic rings. The van der Waals surface area contributed by atoms with Crippen molar-refractivity contribution in [2.45, 2.75) is 78.1 Å². The van der Waals surface area contributed by atoms with Crippen molar-refractivity contribution < 1.29 is 4.79 Å². The van der Waals surface area contributed by atoms with E-state index in [-0.39, 0.29) is 32.7 Å². The maximum atomic E-state index is 12.4. The van der Waals surface area contributed by atoms with E-state index in [4.69, 9.17) is 0 Å². The minimum absolute atomic E-state index is 0. The van der Waals surface area contributed by atoms with Gasteiger partial charge in [0.1, 0.15) is 5.78 Å². The average molecular weight is 484 g/mol. The van der Waals surface area contributed by atoms with Gasteiger partial charge in [-0.05, 0) is 74.0 Å². The van der Waals surface area contributed by atoms with Crippen molar-refractivity contribution in [3.8, 4) is 0 Å². The van der Waals surface area contributed by atoms with Crippen LogP contribution in [0.3, 0.4) is 0 Å². The number of Topliss-reactive ketones (excluding diaryl/α,β-unsaturated/α-hetero) is 1. The molecule has 2 radical (unpaired) electrons. The van der Waals surface area contributed by atoms with Crippen LogP contribution in [0.4, 0.5) is 0 Å². The van der Waals surface area contributed by atoms with Crippen molar-refractivity contribution in [1.29, 1.82) is 0 Å². The molecule has 0 saturated heterocycles. The Morgan fingerprint density at radius 2 is 1.71 bits per heavy atom. The summed E-state index contributed by atoms with van der Waals surface area (Å²) >= 11 is 0. The van der Waals surface area contributed by atoms with Crippen molar-refractivity contribution in [3.05, 3.63) is 0 Å². The first-order chi connectivity index (χ1) is 9.56. The van der Waals surface area contributed by atoms with Crippen LogP contribution in [-0.4, -0.2) is 33.1 Å². The first kappa shape index (κ1) is 16.4. The van der Waals surface area contributed by atoms with Gasteiger partial charge in [-0.25, -0.2) is 0 Å². The summed E-state index contributed by atoms with van der Waals surface area (Å²) in [7, 11) is 0. The summed E-state index contributed by atoms with van der Waals surface area (Å²) < 4.78 is 0. The predicted octanol–water partition coefficient (Wildman–Crippen LogP) is 4.07. The van der Waals surface area contributed by atoms with Gasteiger partial charge in [-0.15, -0.1) is 0 Å². The van der Waals surface area contributed by atoms with Gasteiger partial charge in [0.15, 0.2) is 0 Å². The molecular weight excluding hydrogens is 451 g/mol. The first-order valence-corrected chi connectivity index (χ1v) is 9.09. The molecular formula is C19H32OPb. The van der Waals surface area contributed by atoms with E-state index in [1.165, 1.54) is 57.8 Å². The van der Waals surface area contributed by atoms with Gasteiger partial charge in [0.05, 0.1) is 0 Å². The molecule has 1 nitrogen and oxygen atoms in total. The van der Waals surface area contributed by atoms with Crippen molar-refractivity contribution in [2.75, 3.05) is 0 Å². The van der Waals surface area contributed by atoms with Gasteiger partial charge in [-0.3, -0.25) is 4.79 Å². The molecule has 0 N–H and O–H groups in total. The van der Waals surface area contributed by atoms with Crippen LogP contribution in [-0.2, 0) is 4.79 Å². The van der Waals surface area contributed by atoms with E-state index in [0.717, 1.165) is 30.1 Å². The van der Waals surface area contributed by atoms with Crippen molar-refractivity contribution >= 4 is 33.1 Å². The number of hydrogen-bond donors (Lipinski definition) is 0. The Hall–Kier alpha value is 0.592. The van der Waals surface area contributed by atoms with Crippen LogP contribution in [0.2, 0.25) is 0 Å². The maximum absolute atomic E-state index is 12.4. The molecule has 4 saturated carbocycles. The van der Waals surface area contributed by atoms with Crippen LogP contribution in [0.15, 0.2) is 0 Å². The second kappa shape index (κ2) is 5.59.